The molecule has 11 nitrogen and oxygen atoms in total. The molecule has 1 aromatic carbocycles. The van der Waals surface area contributed by atoms with Crippen LogP contribution in [0.5, 0.6) is 5.88 Å². The Bertz CT molecular complexity index is 1090. The maximum absolute atomic E-state index is 12.5. The van der Waals surface area contributed by atoms with E-state index in [-0.39, 0.29) is 28.3 Å². The quantitative estimate of drug-likeness (QED) is 0.295. The molecule has 1 aromatic heterocycles. The van der Waals surface area contributed by atoms with E-state index in [1.54, 1.807) is 6.92 Å². The van der Waals surface area contributed by atoms with E-state index in [2.05, 4.69) is 30.1 Å². The molecule has 2 aromatic rings. The van der Waals surface area contributed by atoms with E-state index in [1.807, 2.05) is 0 Å². The number of rotatable bonds is 8. The van der Waals surface area contributed by atoms with Crippen molar-refractivity contribution in [3.8, 4) is 5.88 Å². The van der Waals surface area contributed by atoms with Crippen LogP contribution in [0.1, 0.15) is 6.92 Å². The Morgan fingerprint density at radius 1 is 1.13 bits per heavy atom. The summed E-state index contributed by atoms with van der Waals surface area (Å²) in [5, 5.41) is 5.02. The molecule has 0 aliphatic rings. The normalized spacial score (nSPS) is 10.9. The summed E-state index contributed by atoms with van der Waals surface area (Å²) in [7, 11) is -2.60. The minimum Gasteiger partial charge on any atom is -0.478 e. The molecule has 13 heteroatoms. The fourth-order valence-corrected chi connectivity index (χ4v) is 3.32. The van der Waals surface area contributed by atoms with Gasteiger partial charge in [0.05, 0.1) is 18.6 Å². The van der Waals surface area contributed by atoms with Crippen LogP contribution in [0.4, 0.5) is 11.5 Å². The predicted octanol–water partition coefficient (Wildman–Crippen LogP) is 1.22. The summed E-state index contributed by atoms with van der Waals surface area (Å²) in [6.07, 6.45) is 4.64. The predicted molar refractivity (Wildman–Crippen MR) is 116 cm³/mol. The summed E-state index contributed by atoms with van der Waals surface area (Å²) in [6.45, 7) is 1.84. The number of nitrogens with zero attached hydrogens (tertiary/aromatic N) is 2. The molecule has 1 amide bonds. The lowest BCUT2D eigenvalue weighted by Crippen LogP contribution is -2.33. The fourth-order valence-electron chi connectivity index (χ4n) is 2.10. The largest absolute Gasteiger partial charge is 0.478 e. The van der Waals surface area contributed by atoms with Crippen molar-refractivity contribution in [2.75, 3.05) is 23.8 Å². The second kappa shape index (κ2) is 11.0. The van der Waals surface area contributed by atoms with Gasteiger partial charge in [-0.1, -0.05) is 0 Å². The van der Waals surface area contributed by atoms with E-state index in [0.717, 1.165) is 12.2 Å². The zero-order valence-corrected chi connectivity index (χ0v) is 18.1. The van der Waals surface area contributed by atoms with Gasteiger partial charge in [0, 0.05) is 30.2 Å². The van der Waals surface area contributed by atoms with Gasteiger partial charge in [-0.3, -0.25) is 14.8 Å². The van der Waals surface area contributed by atoms with Gasteiger partial charge in [-0.15, -0.1) is 0 Å². The third-order valence-electron chi connectivity index (χ3n) is 3.41. The van der Waals surface area contributed by atoms with Gasteiger partial charge in [0.1, 0.15) is 0 Å². The molecule has 0 unspecified atom stereocenters. The highest BCUT2D eigenvalue weighted by Crippen LogP contribution is 2.22. The maximum atomic E-state index is 12.5. The highest BCUT2D eigenvalue weighted by Gasteiger charge is 2.18. The van der Waals surface area contributed by atoms with Crippen molar-refractivity contribution in [1.29, 1.82) is 0 Å². The maximum Gasteiger partial charge on any atom is 0.330 e. The molecule has 0 saturated carbocycles. The van der Waals surface area contributed by atoms with Crippen molar-refractivity contribution < 1.29 is 27.5 Å². The first kappa shape index (κ1) is 23.7. The summed E-state index contributed by atoms with van der Waals surface area (Å²) < 4.78 is 37.0. The van der Waals surface area contributed by atoms with Crippen molar-refractivity contribution in [3.63, 3.8) is 0 Å². The lowest BCUT2D eigenvalue weighted by molar-refractivity contribution is -0.137. The van der Waals surface area contributed by atoms with Crippen molar-refractivity contribution in [3.05, 3.63) is 48.8 Å². The van der Waals surface area contributed by atoms with Crippen LogP contribution in [-0.2, 0) is 24.3 Å². The van der Waals surface area contributed by atoms with E-state index in [9.17, 15) is 18.0 Å². The van der Waals surface area contributed by atoms with Gasteiger partial charge in [0.2, 0.25) is 11.7 Å². The van der Waals surface area contributed by atoms with Gasteiger partial charge in [0.15, 0.2) is 5.11 Å². The summed E-state index contributed by atoms with van der Waals surface area (Å²) in [5.41, 5.74) is 0.427. The zero-order chi connectivity index (χ0) is 22.9. The van der Waals surface area contributed by atoms with Crippen LogP contribution in [0, 0.1) is 0 Å². The summed E-state index contributed by atoms with van der Waals surface area (Å²) in [5.74, 6) is -1.30. The van der Waals surface area contributed by atoms with Crippen molar-refractivity contribution in [2.24, 2.45) is 0 Å². The first-order valence-electron chi connectivity index (χ1n) is 8.70. The molecule has 164 valence electrons. The molecular weight excluding hydrogens is 446 g/mol. The Kier molecular flexibility index (Phi) is 8.40. The lowest BCUT2D eigenvalue weighted by Gasteiger charge is -2.11. The van der Waals surface area contributed by atoms with Gasteiger partial charge in [-0.25, -0.2) is 23.2 Å². The van der Waals surface area contributed by atoms with Gasteiger partial charge >= 0.3 is 5.97 Å². The Balaban J connectivity index is 1.99. The molecular formula is C18H19N5O6S2. The average molecular weight is 466 g/mol. The minimum atomic E-state index is -3.95. The molecule has 2 rings (SSSR count). The minimum absolute atomic E-state index is 0.0301. The number of hydrogen-bond acceptors (Lipinski definition) is 9. The summed E-state index contributed by atoms with van der Waals surface area (Å²) in [6, 6.07) is 5.57. The van der Waals surface area contributed by atoms with Gasteiger partial charge < -0.3 is 14.8 Å². The highest BCUT2D eigenvalue weighted by atomic mass is 32.2. The number of aromatic nitrogens is 2. The van der Waals surface area contributed by atoms with Crippen LogP contribution in [-0.4, -0.2) is 49.1 Å². The number of carbonyl (C=O) groups excluding carboxylic acids is 2. The Morgan fingerprint density at radius 3 is 2.45 bits per heavy atom. The van der Waals surface area contributed by atoms with Crippen molar-refractivity contribution in [2.45, 2.75) is 11.8 Å². The molecule has 0 aliphatic heterocycles. The van der Waals surface area contributed by atoms with Gasteiger partial charge in [-0.2, -0.15) is 0 Å². The molecule has 3 N–H and O–H groups in total. The van der Waals surface area contributed by atoms with Gasteiger partial charge in [-0.05, 0) is 43.4 Å². The summed E-state index contributed by atoms with van der Waals surface area (Å²) >= 11 is 5.01. The van der Waals surface area contributed by atoms with E-state index in [4.69, 9.17) is 17.0 Å². The lowest BCUT2D eigenvalue weighted by atomic mass is 10.3. The number of anilines is 2. The molecule has 0 atom stereocenters. The molecule has 0 saturated heterocycles. The number of amides is 1. The molecule has 31 heavy (non-hydrogen) atoms. The van der Waals surface area contributed by atoms with Crippen LogP contribution in [0.15, 0.2) is 53.7 Å². The number of esters is 1. The fraction of sp³-hybridized carbons (Fsp3) is 0.167. The van der Waals surface area contributed by atoms with Crippen LogP contribution < -0.4 is 20.1 Å². The first-order valence-corrected chi connectivity index (χ1v) is 10.6. The van der Waals surface area contributed by atoms with Crippen LogP contribution in [0.25, 0.3) is 0 Å². The van der Waals surface area contributed by atoms with Gasteiger partial charge in [0.25, 0.3) is 15.9 Å². The van der Waals surface area contributed by atoms with E-state index < -0.39 is 21.9 Å². The number of carbonyl (C=O) groups is 2. The first-order chi connectivity index (χ1) is 14.7. The van der Waals surface area contributed by atoms with Crippen molar-refractivity contribution >= 4 is 50.7 Å². The Hall–Kier alpha value is -3.58. The number of benzene rings is 1. The average Bonchev–Trinajstić information content (AvgIpc) is 2.73. The molecule has 0 radical (unpaired) electrons. The molecule has 0 fully saturated rings. The highest BCUT2D eigenvalue weighted by molar-refractivity contribution is 7.92. The van der Waals surface area contributed by atoms with Crippen LogP contribution in [0.2, 0.25) is 0 Å². The van der Waals surface area contributed by atoms with E-state index >= 15 is 0 Å². The molecule has 1 heterocycles. The molecule has 0 bridgehead atoms. The molecule has 0 spiro atoms. The zero-order valence-electron chi connectivity index (χ0n) is 16.5. The standard InChI is InChI=1S/C18H19N5O6S2/c1-3-29-15(25)9-8-14(24)22-18(30)21-12-4-6-13(7-5-12)31(26,27)23-16-17(28-2)20-11-10-19-16/h4-11H,3H2,1-2H3,(H,19,23)(H2,21,22,24,30)/b9-8+. The number of sulfonamides is 1. The third kappa shape index (κ3) is 7.31. The number of nitrogens with one attached hydrogen (secondary N) is 3. The molecule has 0 aliphatic carbocycles. The Labute approximate surface area is 183 Å². The van der Waals surface area contributed by atoms with Crippen LogP contribution in [0.3, 0.4) is 0 Å². The van der Waals surface area contributed by atoms with E-state index in [1.165, 1.54) is 43.8 Å². The van der Waals surface area contributed by atoms with Crippen molar-refractivity contribution in [1.82, 2.24) is 15.3 Å². The number of ether oxygens (including phenoxy) is 2. The monoisotopic (exact) mass is 465 g/mol. The Morgan fingerprint density at radius 2 is 1.81 bits per heavy atom. The number of methoxy groups -OCH3 is 1. The van der Waals surface area contributed by atoms with E-state index in [0.29, 0.717) is 5.69 Å². The topological polar surface area (TPSA) is 149 Å². The second-order valence-corrected chi connectivity index (χ2v) is 7.66. The summed E-state index contributed by atoms with van der Waals surface area (Å²) in [4.78, 5) is 30.6. The SMILES string of the molecule is CCOC(=O)/C=C/C(=O)NC(=S)Nc1ccc(S(=O)(=O)Nc2nccnc2OC)cc1. The second-order valence-electron chi connectivity index (χ2n) is 5.57. The van der Waals surface area contributed by atoms with Crippen LogP contribution >= 0.6 is 12.2 Å². The third-order valence-corrected chi connectivity index (χ3v) is 4.96. The number of thiocarbonyl (C=S) groups is 1. The smallest absolute Gasteiger partial charge is 0.330 e. The number of hydrogen-bond donors (Lipinski definition) is 3.